The molecule has 3 atom stereocenters. The van der Waals surface area contributed by atoms with E-state index in [4.69, 9.17) is 19.0 Å². The Morgan fingerprint density at radius 3 is 2.33 bits per heavy atom. The zero-order valence-corrected chi connectivity index (χ0v) is 29.4. The second-order valence-corrected chi connectivity index (χ2v) is 14.4. The number of hydrogen-bond acceptors (Lipinski definition) is 13. The summed E-state index contributed by atoms with van der Waals surface area (Å²) in [6, 6.07) is 8.13. The van der Waals surface area contributed by atoms with E-state index in [0.29, 0.717) is 6.61 Å². The first kappa shape index (κ1) is 38.3. The summed E-state index contributed by atoms with van der Waals surface area (Å²) in [6.45, 7) is 14.0. The number of benzene rings is 1. The maximum absolute atomic E-state index is 13.5. The number of aliphatic hydroxyl groups is 1. The highest BCUT2D eigenvalue weighted by atomic mass is 32.1. The third-order valence-corrected chi connectivity index (χ3v) is 7.05. The van der Waals surface area contributed by atoms with Gasteiger partial charge in [-0.3, -0.25) is 14.9 Å². The largest absolute Gasteiger partial charge is 0.457 e. The summed E-state index contributed by atoms with van der Waals surface area (Å²) in [5.74, 6) is -1.97. The van der Waals surface area contributed by atoms with E-state index < -0.39 is 58.9 Å². The third-order valence-electron chi connectivity index (χ3n) is 6.29. The molecule has 0 bridgehead atoms. The number of amides is 3. The minimum Gasteiger partial charge on any atom is -0.457 e. The predicted octanol–water partition coefficient (Wildman–Crippen LogP) is 2.48. The Morgan fingerprint density at radius 1 is 1.04 bits per heavy atom. The monoisotopic (exact) mass is 690 g/mol. The van der Waals surface area contributed by atoms with Crippen molar-refractivity contribution in [1.29, 1.82) is 0 Å². The average molecular weight is 691 g/mol. The highest BCUT2D eigenvalue weighted by Gasteiger charge is 2.41. The van der Waals surface area contributed by atoms with E-state index in [1.165, 1.54) is 19.2 Å². The minimum atomic E-state index is -1.60. The van der Waals surface area contributed by atoms with Crippen LogP contribution in [0.15, 0.2) is 40.9 Å². The molecule has 5 N–H and O–H groups in total. The Bertz CT molecular complexity index is 1450. The summed E-state index contributed by atoms with van der Waals surface area (Å²) >= 11 is 1.00. The minimum absolute atomic E-state index is 0.0107. The molecule has 48 heavy (non-hydrogen) atoms. The Balaban J connectivity index is 1.66. The van der Waals surface area contributed by atoms with Crippen molar-refractivity contribution in [3.63, 3.8) is 0 Å². The van der Waals surface area contributed by atoms with Crippen molar-refractivity contribution < 1.29 is 43.3 Å². The van der Waals surface area contributed by atoms with E-state index in [1.54, 1.807) is 41.5 Å². The Hall–Kier alpha value is -4.12. The molecule has 1 aromatic carbocycles. The van der Waals surface area contributed by atoms with Gasteiger partial charge in [0.15, 0.2) is 10.8 Å². The molecule has 2 aromatic rings. The molecule has 1 aromatic heterocycles. The van der Waals surface area contributed by atoms with Crippen LogP contribution in [-0.4, -0.2) is 94.4 Å². The van der Waals surface area contributed by atoms with Gasteiger partial charge in [-0.15, -0.1) is 11.3 Å². The van der Waals surface area contributed by atoms with Crippen molar-refractivity contribution in [2.45, 2.75) is 97.0 Å². The molecule has 3 amide bonds. The van der Waals surface area contributed by atoms with Crippen LogP contribution in [0.2, 0.25) is 0 Å². The Kier molecular flexibility index (Phi) is 13.0. The van der Waals surface area contributed by atoms with Gasteiger partial charge in [0, 0.05) is 18.5 Å². The average Bonchev–Trinajstić information content (AvgIpc) is 3.41. The van der Waals surface area contributed by atoms with Gasteiger partial charge in [0.1, 0.15) is 22.9 Å². The fraction of sp³-hybridized carbons (Fsp3) is 0.562. The molecule has 16 heteroatoms. The summed E-state index contributed by atoms with van der Waals surface area (Å²) in [6.07, 6.45) is -1.54. The molecular formula is C32H46N6O9S. The third kappa shape index (κ3) is 12.5. The lowest BCUT2D eigenvalue weighted by atomic mass is 9.98. The second kappa shape index (κ2) is 16.3. The van der Waals surface area contributed by atoms with E-state index in [0.717, 1.165) is 16.9 Å². The molecule has 1 aliphatic rings. The molecule has 2 unspecified atom stereocenters. The first-order valence-corrected chi connectivity index (χ1v) is 16.3. The van der Waals surface area contributed by atoms with Crippen LogP contribution in [-0.2, 0) is 40.0 Å². The lowest BCUT2D eigenvalue weighted by Crippen LogP contribution is -2.72. The normalized spacial score (nSPS) is 17.4. The number of carbonyl (C=O) groups is 4. The van der Waals surface area contributed by atoms with Crippen LogP contribution in [0.1, 0.15) is 66.6 Å². The molecule has 15 nitrogen and oxygen atoms in total. The summed E-state index contributed by atoms with van der Waals surface area (Å²) in [5, 5.41) is 26.8. The Labute approximate surface area is 284 Å². The van der Waals surface area contributed by atoms with Crippen LogP contribution >= 0.6 is 11.3 Å². The zero-order chi connectivity index (χ0) is 35.7. The first-order valence-electron chi connectivity index (χ1n) is 15.4. The van der Waals surface area contributed by atoms with Gasteiger partial charge >= 0.3 is 12.1 Å². The molecule has 0 spiro atoms. The zero-order valence-electron chi connectivity index (χ0n) is 28.5. The van der Waals surface area contributed by atoms with E-state index in [2.05, 4.69) is 31.4 Å². The van der Waals surface area contributed by atoms with Gasteiger partial charge in [0.05, 0.1) is 25.4 Å². The van der Waals surface area contributed by atoms with Crippen LogP contribution in [0.5, 0.6) is 0 Å². The van der Waals surface area contributed by atoms with Crippen LogP contribution < -0.4 is 21.3 Å². The van der Waals surface area contributed by atoms with Crippen molar-refractivity contribution in [3.05, 3.63) is 47.0 Å². The quantitative estimate of drug-likeness (QED) is 0.0796. The number of thiazole rings is 1. The molecule has 2 heterocycles. The lowest BCUT2D eigenvalue weighted by Gasteiger charge is -2.37. The van der Waals surface area contributed by atoms with Crippen LogP contribution in [0.4, 0.5) is 9.93 Å². The van der Waals surface area contributed by atoms with Crippen LogP contribution in [0.25, 0.3) is 0 Å². The van der Waals surface area contributed by atoms with Gasteiger partial charge in [-0.05, 0) is 61.0 Å². The van der Waals surface area contributed by atoms with Gasteiger partial charge in [-0.2, -0.15) is 0 Å². The van der Waals surface area contributed by atoms with Gasteiger partial charge in [-0.1, -0.05) is 35.5 Å². The van der Waals surface area contributed by atoms with Gasteiger partial charge in [0.25, 0.3) is 5.91 Å². The number of hydrogen-bond donors (Lipinski definition) is 5. The number of esters is 1. The number of rotatable bonds is 15. The molecule has 0 radical (unpaired) electrons. The van der Waals surface area contributed by atoms with E-state index in [1.807, 2.05) is 30.3 Å². The number of aliphatic hydroxyl groups excluding tert-OH is 1. The number of ether oxygens (including phenoxy) is 3. The lowest BCUT2D eigenvalue weighted by molar-refractivity contribution is -0.179. The number of nitrogens with one attached hydrogen (secondary N) is 4. The number of oxime groups is 1. The van der Waals surface area contributed by atoms with E-state index in [9.17, 15) is 24.3 Å². The van der Waals surface area contributed by atoms with Crippen molar-refractivity contribution in [2.24, 2.45) is 5.16 Å². The molecule has 0 aliphatic carbocycles. The topological polar surface area (TPSA) is 199 Å². The van der Waals surface area contributed by atoms with Gasteiger partial charge in [0.2, 0.25) is 11.5 Å². The van der Waals surface area contributed by atoms with Crippen LogP contribution in [0.3, 0.4) is 0 Å². The van der Waals surface area contributed by atoms with E-state index in [-0.39, 0.29) is 36.2 Å². The fourth-order valence-electron chi connectivity index (χ4n) is 3.97. The van der Waals surface area contributed by atoms with Gasteiger partial charge in [-0.25, -0.2) is 14.6 Å². The summed E-state index contributed by atoms with van der Waals surface area (Å²) in [7, 11) is 0. The van der Waals surface area contributed by atoms with E-state index >= 15 is 0 Å². The smallest absolute Gasteiger partial charge is 0.413 e. The molecule has 0 saturated carbocycles. The number of nitrogens with zero attached hydrogens (tertiary/aromatic N) is 2. The standard InChI is InChI=1S/C32H46N6O9S/c1-30(2,3)45-27(42)32(7,8)47-38-24(22-18-48-28(35-22)37-29(43)46-31(4,5)6)26(41)36-23-21(34-25(23)40)15-33-14-20(39)17-44-16-19-12-10-9-11-13-19/h9-13,18,20-21,23,33,39H,14-17H2,1-8H3,(H,34,40)(H,36,41)(H,35,37,43)/b38-24-/t20?,21-,23?/m0/s1. The first-order chi connectivity index (χ1) is 22.3. The maximum Gasteiger partial charge on any atom is 0.413 e. The highest BCUT2D eigenvalue weighted by molar-refractivity contribution is 7.14. The molecule has 264 valence electrons. The molecule has 1 fully saturated rings. The number of anilines is 1. The van der Waals surface area contributed by atoms with Crippen molar-refractivity contribution >= 4 is 46.1 Å². The van der Waals surface area contributed by atoms with Crippen LogP contribution in [0, 0.1) is 0 Å². The van der Waals surface area contributed by atoms with Crippen molar-refractivity contribution in [2.75, 3.05) is 25.0 Å². The number of carbonyl (C=O) groups excluding carboxylic acids is 4. The summed E-state index contributed by atoms with van der Waals surface area (Å²) in [4.78, 5) is 60.8. The highest BCUT2D eigenvalue weighted by Crippen LogP contribution is 2.21. The molecule has 1 aliphatic heterocycles. The molecule has 3 rings (SSSR count). The SMILES string of the molecule is CC(C)(C)OC(=O)Nc1nc(/C(=N/OC(C)(C)C(=O)OC(C)(C)C)C(=O)NC2C(=O)N[C@H]2CNCC(O)COCc2ccccc2)cs1. The number of β-lactam (4-membered cyclic amide) rings is 1. The Morgan fingerprint density at radius 2 is 1.71 bits per heavy atom. The maximum atomic E-state index is 13.5. The molecular weight excluding hydrogens is 644 g/mol. The summed E-state index contributed by atoms with van der Waals surface area (Å²) in [5.41, 5.74) is -2.50. The van der Waals surface area contributed by atoms with Crippen molar-refractivity contribution in [3.8, 4) is 0 Å². The molecule has 1 saturated heterocycles. The second-order valence-electron chi connectivity index (χ2n) is 13.6. The van der Waals surface area contributed by atoms with Gasteiger partial charge < -0.3 is 40.1 Å². The fourth-order valence-corrected chi connectivity index (χ4v) is 4.65. The summed E-state index contributed by atoms with van der Waals surface area (Å²) < 4.78 is 16.2. The van der Waals surface area contributed by atoms with Crippen molar-refractivity contribution in [1.82, 2.24) is 20.9 Å². The number of aromatic nitrogens is 1. The predicted molar refractivity (Wildman–Crippen MR) is 178 cm³/mol.